The normalized spacial score (nSPS) is 14.4. The third-order valence-corrected chi connectivity index (χ3v) is 7.40. The van der Waals surface area contributed by atoms with Crippen molar-refractivity contribution in [2.75, 3.05) is 5.32 Å². The molecule has 7 nitrogen and oxygen atoms in total. The van der Waals surface area contributed by atoms with E-state index in [-0.39, 0.29) is 17.0 Å². The molecule has 4 aromatic rings. The number of amides is 1. The number of hydrogen-bond donors (Lipinski definition) is 2. The monoisotopic (exact) mass is 564 g/mol. The molecule has 0 unspecified atom stereocenters. The highest BCUT2D eigenvalue weighted by Gasteiger charge is 2.51. The molecule has 1 saturated carbocycles. The van der Waals surface area contributed by atoms with Crippen LogP contribution in [0.25, 0.3) is 22.5 Å². The lowest BCUT2D eigenvalue weighted by molar-refractivity contribution is -0.140. The van der Waals surface area contributed by atoms with Crippen molar-refractivity contribution in [3.63, 3.8) is 0 Å². The summed E-state index contributed by atoms with van der Waals surface area (Å²) in [5.41, 5.74) is 1.11. The Morgan fingerprint density at radius 3 is 2.05 bits per heavy atom. The van der Waals surface area contributed by atoms with Gasteiger partial charge in [0.15, 0.2) is 5.76 Å². The number of alkyl halides is 3. The van der Waals surface area contributed by atoms with Crippen molar-refractivity contribution in [2.24, 2.45) is 0 Å². The summed E-state index contributed by atoms with van der Waals surface area (Å²) in [4.78, 5) is 24.4. The number of carboxylic acids is 1. The molecule has 1 aliphatic rings. The largest absolute Gasteiger partial charge is 0.481 e. The van der Waals surface area contributed by atoms with Gasteiger partial charge >= 0.3 is 18.2 Å². The number of benzene rings is 3. The van der Waals surface area contributed by atoms with E-state index in [1.165, 1.54) is 26.0 Å². The fourth-order valence-electron chi connectivity index (χ4n) is 4.75. The molecule has 0 saturated heterocycles. The minimum absolute atomic E-state index is 0.184. The number of anilines is 1. The number of ether oxygens (including phenoxy) is 1. The van der Waals surface area contributed by atoms with Crippen LogP contribution in [0.3, 0.4) is 0 Å². The standard InChI is InChI=1S/C31H27F3N2O5/c1-18-25(35-28(39)40-29(2,3)23-5-4-6-24(17-23)31(32,33)34)26(41-36-18)21-9-7-19(8-10-21)20-11-13-22(14-12-20)30(15-16-30)27(37)38/h4-14,17H,15-16H2,1-3H3,(H,35,39)(H,37,38). The van der Waals surface area contributed by atoms with E-state index in [1.807, 2.05) is 36.4 Å². The van der Waals surface area contributed by atoms with Crippen molar-refractivity contribution in [1.29, 1.82) is 0 Å². The van der Waals surface area contributed by atoms with Crippen LogP contribution in [-0.2, 0) is 26.7 Å². The number of aliphatic carboxylic acids is 1. The smallest absolute Gasteiger partial charge is 0.416 e. The Balaban J connectivity index is 1.31. The molecule has 0 bridgehead atoms. The number of carbonyl (C=O) groups is 2. The van der Waals surface area contributed by atoms with Crippen molar-refractivity contribution in [3.05, 3.63) is 95.2 Å². The Kier molecular flexibility index (Phi) is 6.89. The first kappa shape index (κ1) is 27.9. The lowest BCUT2D eigenvalue weighted by atomic mass is 9.93. The number of nitrogens with one attached hydrogen (secondary N) is 1. The van der Waals surface area contributed by atoms with Crippen LogP contribution >= 0.6 is 0 Å². The molecule has 1 aromatic heterocycles. The summed E-state index contributed by atoms with van der Waals surface area (Å²) in [5.74, 6) is -0.514. The van der Waals surface area contributed by atoms with Crippen LogP contribution < -0.4 is 5.32 Å². The minimum atomic E-state index is -4.53. The number of aromatic nitrogens is 1. The summed E-state index contributed by atoms with van der Waals surface area (Å²) in [6.07, 6.45) is -4.13. The molecule has 2 N–H and O–H groups in total. The van der Waals surface area contributed by atoms with Crippen LogP contribution in [0.15, 0.2) is 77.3 Å². The maximum atomic E-state index is 13.2. The third-order valence-electron chi connectivity index (χ3n) is 7.40. The Labute approximate surface area is 233 Å². The predicted molar refractivity (Wildman–Crippen MR) is 145 cm³/mol. The van der Waals surface area contributed by atoms with Crippen molar-refractivity contribution < 1.29 is 37.1 Å². The fraction of sp³-hybridized carbons (Fsp3) is 0.258. The van der Waals surface area contributed by atoms with E-state index < -0.39 is 34.8 Å². The topological polar surface area (TPSA) is 102 Å². The first-order chi connectivity index (χ1) is 19.3. The van der Waals surface area contributed by atoms with E-state index in [0.717, 1.165) is 28.8 Å². The van der Waals surface area contributed by atoms with E-state index in [0.29, 0.717) is 24.1 Å². The second kappa shape index (κ2) is 10.1. The Morgan fingerprint density at radius 2 is 1.49 bits per heavy atom. The highest BCUT2D eigenvalue weighted by molar-refractivity contribution is 5.91. The molecular formula is C31H27F3N2O5. The zero-order valence-corrected chi connectivity index (χ0v) is 22.5. The molecule has 10 heteroatoms. The van der Waals surface area contributed by atoms with Crippen LogP contribution in [0.1, 0.15) is 49.1 Å². The quantitative estimate of drug-likeness (QED) is 0.236. The SMILES string of the molecule is Cc1noc(-c2ccc(-c3ccc(C4(C(=O)O)CC4)cc3)cc2)c1NC(=O)OC(C)(C)c1cccc(C(F)(F)F)c1. The van der Waals surface area contributed by atoms with Gasteiger partial charge in [-0.05, 0) is 68.0 Å². The summed E-state index contributed by atoms with van der Waals surface area (Å²) in [5, 5.41) is 16.1. The lowest BCUT2D eigenvalue weighted by Crippen LogP contribution is -2.29. The Hall–Kier alpha value is -4.60. The average Bonchev–Trinajstić information content (AvgIpc) is 3.68. The second-order valence-corrected chi connectivity index (χ2v) is 10.6. The predicted octanol–water partition coefficient (Wildman–Crippen LogP) is 7.94. The van der Waals surface area contributed by atoms with Crippen molar-refractivity contribution in [2.45, 2.75) is 50.8 Å². The number of hydrogen-bond acceptors (Lipinski definition) is 5. The van der Waals surface area contributed by atoms with Gasteiger partial charge in [-0.1, -0.05) is 65.8 Å². The molecule has 1 heterocycles. The molecule has 1 amide bonds. The van der Waals surface area contributed by atoms with Crippen molar-refractivity contribution in [1.82, 2.24) is 5.16 Å². The maximum absolute atomic E-state index is 13.2. The molecule has 5 rings (SSSR count). The maximum Gasteiger partial charge on any atom is 0.416 e. The van der Waals surface area contributed by atoms with Crippen LogP contribution in [0, 0.1) is 6.92 Å². The molecule has 0 spiro atoms. The van der Waals surface area contributed by atoms with Crippen LogP contribution in [0.4, 0.5) is 23.7 Å². The van der Waals surface area contributed by atoms with Crippen LogP contribution in [0.5, 0.6) is 0 Å². The summed E-state index contributed by atoms with van der Waals surface area (Å²) < 4.78 is 50.5. The van der Waals surface area contributed by atoms with Gasteiger partial charge in [-0.15, -0.1) is 0 Å². The lowest BCUT2D eigenvalue weighted by Gasteiger charge is -2.26. The Bertz CT molecular complexity index is 1600. The van der Waals surface area contributed by atoms with Crippen LogP contribution in [0.2, 0.25) is 0 Å². The number of nitrogens with zero attached hydrogens (tertiary/aromatic N) is 1. The molecule has 212 valence electrons. The van der Waals surface area contributed by atoms with Gasteiger partial charge in [0.05, 0.1) is 11.0 Å². The van der Waals surface area contributed by atoms with E-state index in [2.05, 4.69) is 10.5 Å². The number of aryl methyl sites for hydroxylation is 1. The highest BCUT2D eigenvalue weighted by atomic mass is 19.4. The molecule has 0 aliphatic heterocycles. The van der Waals surface area contributed by atoms with E-state index in [1.54, 1.807) is 19.1 Å². The van der Waals surface area contributed by atoms with Gasteiger partial charge in [0, 0.05) is 5.56 Å². The Morgan fingerprint density at radius 1 is 0.927 bits per heavy atom. The molecule has 0 atom stereocenters. The molecule has 41 heavy (non-hydrogen) atoms. The summed E-state index contributed by atoms with van der Waals surface area (Å²) >= 11 is 0. The number of rotatable bonds is 7. The summed E-state index contributed by atoms with van der Waals surface area (Å²) in [7, 11) is 0. The van der Waals surface area contributed by atoms with Gasteiger partial charge in [0.25, 0.3) is 0 Å². The first-order valence-electron chi connectivity index (χ1n) is 12.9. The zero-order chi connectivity index (χ0) is 29.6. The molecular weight excluding hydrogens is 537 g/mol. The summed E-state index contributed by atoms with van der Waals surface area (Å²) in [6, 6.07) is 19.4. The second-order valence-electron chi connectivity index (χ2n) is 10.6. The molecule has 1 fully saturated rings. The van der Waals surface area contributed by atoms with Gasteiger partial charge in [-0.3, -0.25) is 10.1 Å². The number of carboxylic acid groups (broad SMARTS) is 1. The van der Waals surface area contributed by atoms with E-state index in [4.69, 9.17) is 9.26 Å². The molecule has 0 radical (unpaired) electrons. The van der Waals surface area contributed by atoms with E-state index in [9.17, 15) is 27.9 Å². The van der Waals surface area contributed by atoms with Crippen LogP contribution in [-0.4, -0.2) is 22.3 Å². The van der Waals surface area contributed by atoms with Gasteiger partial charge < -0.3 is 14.4 Å². The zero-order valence-electron chi connectivity index (χ0n) is 22.5. The van der Waals surface area contributed by atoms with E-state index >= 15 is 0 Å². The van der Waals surface area contributed by atoms with Crippen molar-refractivity contribution >= 4 is 17.7 Å². The highest BCUT2D eigenvalue weighted by Crippen LogP contribution is 2.48. The summed E-state index contributed by atoms with van der Waals surface area (Å²) in [6.45, 7) is 4.64. The minimum Gasteiger partial charge on any atom is -0.481 e. The van der Waals surface area contributed by atoms with Gasteiger partial charge in [0.2, 0.25) is 0 Å². The molecule has 1 aliphatic carbocycles. The van der Waals surface area contributed by atoms with Gasteiger partial charge in [0.1, 0.15) is 17.0 Å². The molecule has 3 aromatic carbocycles. The van der Waals surface area contributed by atoms with Gasteiger partial charge in [-0.2, -0.15) is 13.2 Å². The van der Waals surface area contributed by atoms with Crippen molar-refractivity contribution in [3.8, 4) is 22.5 Å². The fourth-order valence-corrected chi connectivity index (χ4v) is 4.75. The number of carbonyl (C=O) groups excluding carboxylic acids is 1. The third kappa shape index (κ3) is 5.54. The van der Waals surface area contributed by atoms with Gasteiger partial charge in [-0.25, -0.2) is 4.79 Å². The average molecular weight is 565 g/mol. The number of halogens is 3. The first-order valence-corrected chi connectivity index (χ1v) is 12.9.